The second kappa shape index (κ2) is 6.65. The molecule has 0 spiro atoms. The Morgan fingerprint density at radius 1 is 0.964 bits per heavy atom. The van der Waals surface area contributed by atoms with Gasteiger partial charge in [0.05, 0.1) is 11.2 Å². The molecule has 0 saturated heterocycles. The highest BCUT2D eigenvalue weighted by molar-refractivity contribution is 9.10. The summed E-state index contributed by atoms with van der Waals surface area (Å²) in [6.07, 6.45) is 0. The number of aromatic nitrogens is 2. The first-order valence-corrected chi connectivity index (χ1v) is 8.89. The Morgan fingerprint density at radius 3 is 2.36 bits per heavy atom. The molecule has 6 nitrogen and oxygen atoms in total. The number of hydrogen-bond acceptors (Lipinski definition) is 5. The molecule has 0 bridgehead atoms. The minimum absolute atomic E-state index is 0.0366. The van der Waals surface area contributed by atoms with Crippen molar-refractivity contribution in [3.63, 3.8) is 0 Å². The lowest BCUT2D eigenvalue weighted by Gasteiger charge is -2.15. The zero-order valence-corrected chi connectivity index (χ0v) is 15.7. The molecule has 1 aromatic heterocycles. The molecule has 0 saturated carbocycles. The van der Waals surface area contributed by atoms with Crippen LogP contribution in [0.15, 0.2) is 63.9 Å². The van der Waals surface area contributed by atoms with E-state index < -0.39 is 28.6 Å². The first-order valence-electron chi connectivity index (χ1n) is 8.10. The second-order valence-electron chi connectivity index (χ2n) is 6.02. The van der Waals surface area contributed by atoms with Crippen molar-refractivity contribution in [2.24, 2.45) is 0 Å². The molecule has 0 fully saturated rings. The van der Waals surface area contributed by atoms with E-state index in [1.165, 1.54) is 12.1 Å². The molecule has 3 aromatic carbocycles. The number of hydrogen-bond donors (Lipinski definition) is 3. The lowest BCUT2D eigenvalue weighted by Crippen LogP contribution is -2.23. The van der Waals surface area contributed by atoms with Crippen LogP contribution in [0.1, 0.15) is 0 Å². The number of aromatic hydroxyl groups is 3. The first-order chi connectivity index (χ1) is 13.4. The predicted molar refractivity (Wildman–Crippen MR) is 105 cm³/mol. The van der Waals surface area contributed by atoms with Crippen molar-refractivity contribution in [1.29, 1.82) is 0 Å². The third-order valence-electron chi connectivity index (χ3n) is 4.27. The van der Waals surface area contributed by atoms with Crippen molar-refractivity contribution in [1.82, 2.24) is 9.55 Å². The molecule has 0 radical (unpaired) electrons. The van der Waals surface area contributed by atoms with Crippen molar-refractivity contribution in [2.45, 2.75) is 0 Å². The molecule has 0 unspecified atom stereocenters. The number of phenolic OH excluding ortho intramolecular Hbond substituents is 3. The molecule has 0 aliphatic heterocycles. The fraction of sp³-hybridized carbons (Fsp3) is 0. The van der Waals surface area contributed by atoms with Gasteiger partial charge in [-0.1, -0.05) is 46.3 Å². The van der Waals surface area contributed by atoms with E-state index in [9.17, 15) is 24.5 Å². The number of phenols is 3. The number of rotatable bonds is 2. The Morgan fingerprint density at radius 2 is 1.68 bits per heavy atom. The van der Waals surface area contributed by atoms with Gasteiger partial charge in [-0.05, 0) is 18.2 Å². The molecular formula is C20H12BrFN2O4. The molecule has 0 atom stereocenters. The van der Waals surface area contributed by atoms with E-state index in [0.29, 0.717) is 10.0 Å². The van der Waals surface area contributed by atoms with Crippen LogP contribution >= 0.6 is 15.9 Å². The van der Waals surface area contributed by atoms with E-state index >= 15 is 0 Å². The Hall–Kier alpha value is -3.39. The number of nitrogens with zero attached hydrogens (tertiary/aromatic N) is 2. The van der Waals surface area contributed by atoms with E-state index in [2.05, 4.69) is 20.9 Å². The normalized spacial score (nSPS) is 11.1. The molecule has 4 rings (SSSR count). The lowest BCUT2D eigenvalue weighted by molar-refractivity contribution is 0.371. The monoisotopic (exact) mass is 442 g/mol. The predicted octanol–water partition coefficient (Wildman–Crippen LogP) is 4.07. The van der Waals surface area contributed by atoms with Crippen LogP contribution in [0.3, 0.4) is 0 Å². The van der Waals surface area contributed by atoms with Gasteiger partial charge in [0.15, 0.2) is 11.5 Å². The summed E-state index contributed by atoms with van der Waals surface area (Å²) in [4.78, 5) is 17.6. The van der Waals surface area contributed by atoms with Gasteiger partial charge in [-0.3, -0.25) is 9.36 Å². The molecule has 0 amide bonds. The Balaban J connectivity index is 2.20. The van der Waals surface area contributed by atoms with Crippen LogP contribution in [0.5, 0.6) is 17.2 Å². The highest BCUT2D eigenvalue weighted by atomic mass is 79.9. The molecule has 4 aromatic rings. The largest absolute Gasteiger partial charge is 0.504 e. The minimum Gasteiger partial charge on any atom is -0.504 e. The van der Waals surface area contributed by atoms with Gasteiger partial charge in [-0.2, -0.15) is 0 Å². The van der Waals surface area contributed by atoms with Crippen molar-refractivity contribution in [2.75, 3.05) is 0 Å². The van der Waals surface area contributed by atoms with Gasteiger partial charge in [0, 0.05) is 16.1 Å². The smallest absolute Gasteiger partial charge is 0.270 e. The minimum atomic E-state index is -0.846. The summed E-state index contributed by atoms with van der Waals surface area (Å²) in [6, 6.07) is 13.9. The standard InChI is InChI=1S/C20H12BrFN2O4/c21-11-6-7-14(12(22)8-11)24-19(10-4-2-1-3-5-10)23-13-9-15(25)17(26)18(27)16(13)20(24)28/h1-9,25-27H. The van der Waals surface area contributed by atoms with E-state index in [1.807, 2.05) is 0 Å². The molecule has 140 valence electrons. The van der Waals surface area contributed by atoms with Gasteiger partial charge < -0.3 is 15.3 Å². The number of halogens is 2. The summed E-state index contributed by atoms with van der Waals surface area (Å²) in [5, 5.41) is 29.5. The van der Waals surface area contributed by atoms with Crippen LogP contribution in [0.2, 0.25) is 0 Å². The van der Waals surface area contributed by atoms with Gasteiger partial charge >= 0.3 is 0 Å². The van der Waals surface area contributed by atoms with Gasteiger partial charge in [0.2, 0.25) is 5.75 Å². The SMILES string of the molecule is O=c1c2c(O)c(O)c(O)cc2nc(-c2ccccc2)n1-c1ccc(Br)cc1F. The first kappa shape index (κ1) is 18.0. The maximum atomic E-state index is 14.7. The van der Waals surface area contributed by atoms with Gasteiger partial charge in [-0.15, -0.1) is 0 Å². The van der Waals surface area contributed by atoms with Crippen molar-refractivity contribution in [3.05, 3.63) is 75.2 Å². The molecule has 28 heavy (non-hydrogen) atoms. The van der Waals surface area contributed by atoms with Gasteiger partial charge in [-0.25, -0.2) is 9.37 Å². The van der Waals surface area contributed by atoms with Crippen LogP contribution in [0, 0.1) is 5.82 Å². The Kier molecular flexibility index (Phi) is 4.27. The van der Waals surface area contributed by atoms with Gasteiger partial charge in [0.1, 0.15) is 17.0 Å². The molecular weight excluding hydrogens is 431 g/mol. The van der Waals surface area contributed by atoms with Crippen molar-refractivity contribution >= 4 is 26.8 Å². The molecule has 8 heteroatoms. The highest BCUT2D eigenvalue weighted by Gasteiger charge is 2.22. The Labute approximate surface area is 165 Å². The summed E-state index contributed by atoms with van der Waals surface area (Å²) >= 11 is 3.18. The molecule has 1 heterocycles. The molecule has 0 aliphatic carbocycles. The fourth-order valence-electron chi connectivity index (χ4n) is 2.97. The molecule has 3 N–H and O–H groups in total. The van der Waals surface area contributed by atoms with Crippen LogP contribution in [-0.4, -0.2) is 24.9 Å². The number of fused-ring (bicyclic) bond motifs is 1. The summed E-state index contributed by atoms with van der Waals surface area (Å²) in [5.41, 5.74) is -0.382. The third-order valence-corrected chi connectivity index (χ3v) is 4.76. The zero-order chi connectivity index (χ0) is 20.0. The van der Waals surface area contributed by atoms with Crippen LogP contribution in [0.25, 0.3) is 28.0 Å². The number of benzene rings is 3. The Bertz CT molecular complexity index is 1290. The van der Waals surface area contributed by atoms with Gasteiger partial charge in [0.25, 0.3) is 5.56 Å². The topological polar surface area (TPSA) is 95.6 Å². The average molecular weight is 443 g/mol. The van der Waals surface area contributed by atoms with E-state index in [0.717, 1.165) is 10.6 Å². The van der Waals surface area contributed by atoms with Crippen LogP contribution in [0.4, 0.5) is 4.39 Å². The lowest BCUT2D eigenvalue weighted by atomic mass is 10.1. The maximum Gasteiger partial charge on any atom is 0.270 e. The summed E-state index contributed by atoms with van der Waals surface area (Å²) in [5.74, 6) is -2.86. The average Bonchev–Trinajstić information content (AvgIpc) is 2.67. The zero-order valence-electron chi connectivity index (χ0n) is 14.1. The fourth-order valence-corrected chi connectivity index (χ4v) is 3.30. The van der Waals surface area contributed by atoms with E-state index in [-0.39, 0.29) is 22.4 Å². The highest BCUT2D eigenvalue weighted by Crippen LogP contribution is 2.39. The van der Waals surface area contributed by atoms with Crippen molar-refractivity contribution in [3.8, 4) is 34.3 Å². The van der Waals surface area contributed by atoms with E-state index in [1.54, 1.807) is 36.4 Å². The summed E-state index contributed by atoms with van der Waals surface area (Å²) in [7, 11) is 0. The molecule has 0 aliphatic rings. The van der Waals surface area contributed by atoms with Crippen molar-refractivity contribution < 1.29 is 19.7 Å². The quantitative estimate of drug-likeness (QED) is 0.406. The second-order valence-corrected chi connectivity index (χ2v) is 6.94. The summed E-state index contributed by atoms with van der Waals surface area (Å²) in [6.45, 7) is 0. The van der Waals surface area contributed by atoms with Crippen LogP contribution in [-0.2, 0) is 0 Å². The maximum absolute atomic E-state index is 14.7. The third kappa shape index (κ3) is 2.78. The summed E-state index contributed by atoms with van der Waals surface area (Å²) < 4.78 is 16.2. The van der Waals surface area contributed by atoms with E-state index in [4.69, 9.17) is 0 Å². The van der Waals surface area contributed by atoms with Crippen LogP contribution < -0.4 is 5.56 Å².